The monoisotopic (exact) mass is 358 g/mol. The second kappa shape index (κ2) is 6.98. The molecule has 132 valence electrons. The van der Waals surface area contributed by atoms with Crippen LogP contribution in [0.15, 0.2) is 53.4 Å². The molecule has 0 saturated carbocycles. The predicted octanol–water partition coefficient (Wildman–Crippen LogP) is 2.46. The molecule has 6 heteroatoms. The predicted molar refractivity (Wildman–Crippen MR) is 98.1 cm³/mol. The number of hydrogen-bond acceptors (Lipinski definition) is 3. The minimum atomic E-state index is -3.44. The second-order valence-corrected chi connectivity index (χ2v) is 8.54. The third-order valence-electron chi connectivity index (χ3n) is 4.47. The van der Waals surface area contributed by atoms with E-state index in [0.29, 0.717) is 0 Å². The van der Waals surface area contributed by atoms with E-state index in [0.717, 1.165) is 30.6 Å². The number of para-hydroxylation sites is 1. The summed E-state index contributed by atoms with van der Waals surface area (Å²) >= 11 is 0. The maximum atomic E-state index is 12.7. The standard InChI is InChI=1S/C19H22N2O3S/c1-20(2)25(23,24)17-11-9-15(10-12-17)14-19(22)21-13-5-7-16-6-3-4-8-18(16)21/h3-4,6,8-12H,5,7,13-14H2,1-2H3. The van der Waals surface area contributed by atoms with Crippen molar-refractivity contribution < 1.29 is 13.2 Å². The SMILES string of the molecule is CN(C)S(=O)(=O)c1ccc(CC(=O)N2CCCc3ccccc32)cc1. The van der Waals surface area contributed by atoms with Crippen molar-refractivity contribution in [2.45, 2.75) is 24.2 Å². The number of rotatable bonds is 4. The van der Waals surface area contributed by atoms with E-state index in [-0.39, 0.29) is 17.2 Å². The van der Waals surface area contributed by atoms with Crippen molar-refractivity contribution in [2.24, 2.45) is 0 Å². The fourth-order valence-corrected chi connectivity index (χ4v) is 3.95. The highest BCUT2D eigenvalue weighted by atomic mass is 32.2. The van der Waals surface area contributed by atoms with Crippen molar-refractivity contribution in [1.82, 2.24) is 4.31 Å². The highest BCUT2D eigenvalue weighted by Gasteiger charge is 2.22. The maximum Gasteiger partial charge on any atom is 0.242 e. The molecule has 1 heterocycles. The molecule has 2 aromatic carbocycles. The average molecular weight is 358 g/mol. The largest absolute Gasteiger partial charge is 0.312 e. The van der Waals surface area contributed by atoms with Gasteiger partial charge in [0.1, 0.15) is 0 Å². The molecule has 1 amide bonds. The summed E-state index contributed by atoms with van der Waals surface area (Å²) < 4.78 is 25.4. The van der Waals surface area contributed by atoms with E-state index in [1.165, 1.54) is 24.0 Å². The van der Waals surface area contributed by atoms with Gasteiger partial charge in [-0.25, -0.2) is 12.7 Å². The molecule has 1 aliphatic rings. The number of fused-ring (bicyclic) bond motifs is 1. The second-order valence-electron chi connectivity index (χ2n) is 6.39. The van der Waals surface area contributed by atoms with Crippen LogP contribution in [0.5, 0.6) is 0 Å². The smallest absolute Gasteiger partial charge is 0.242 e. The third kappa shape index (κ3) is 3.60. The van der Waals surface area contributed by atoms with Gasteiger partial charge in [0.25, 0.3) is 0 Å². The van der Waals surface area contributed by atoms with Gasteiger partial charge >= 0.3 is 0 Å². The molecule has 0 fully saturated rings. The molecule has 1 aliphatic heterocycles. The van der Waals surface area contributed by atoms with Crippen molar-refractivity contribution in [3.8, 4) is 0 Å². The number of benzene rings is 2. The first-order valence-electron chi connectivity index (χ1n) is 8.29. The molecule has 0 unspecified atom stereocenters. The summed E-state index contributed by atoms with van der Waals surface area (Å²) in [5.41, 5.74) is 3.01. The number of nitrogens with zero attached hydrogens (tertiary/aromatic N) is 2. The normalized spacial score (nSPS) is 14.4. The Morgan fingerprint density at radius 3 is 2.44 bits per heavy atom. The molecular formula is C19H22N2O3S. The molecule has 0 N–H and O–H groups in total. The van der Waals surface area contributed by atoms with E-state index in [9.17, 15) is 13.2 Å². The van der Waals surface area contributed by atoms with Gasteiger partial charge in [0.15, 0.2) is 0 Å². The first-order chi connectivity index (χ1) is 11.9. The van der Waals surface area contributed by atoms with Gasteiger partial charge in [0.2, 0.25) is 15.9 Å². The zero-order valence-electron chi connectivity index (χ0n) is 14.5. The van der Waals surface area contributed by atoms with Crippen LogP contribution in [-0.4, -0.2) is 39.3 Å². The van der Waals surface area contributed by atoms with E-state index in [2.05, 4.69) is 6.07 Å². The zero-order chi connectivity index (χ0) is 18.0. The summed E-state index contributed by atoms with van der Waals surface area (Å²) in [5.74, 6) is 0.0374. The Morgan fingerprint density at radius 1 is 1.08 bits per heavy atom. The van der Waals surface area contributed by atoms with E-state index < -0.39 is 10.0 Å². The summed E-state index contributed by atoms with van der Waals surface area (Å²) in [6.45, 7) is 0.725. The lowest BCUT2D eigenvalue weighted by Gasteiger charge is -2.29. The molecule has 25 heavy (non-hydrogen) atoms. The number of sulfonamides is 1. The third-order valence-corrected chi connectivity index (χ3v) is 6.30. The van der Waals surface area contributed by atoms with Gasteiger partial charge in [0.05, 0.1) is 11.3 Å². The molecule has 0 aromatic heterocycles. The average Bonchev–Trinajstić information content (AvgIpc) is 2.61. The Hall–Kier alpha value is -2.18. The van der Waals surface area contributed by atoms with E-state index in [1.807, 2.05) is 23.1 Å². The lowest BCUT2D eigenvalue weighted by molar-refractivity contribution is -0.118. The van der Waals surface area contributed by atoms with Crippen LogP contribution >= 0.6 is 0 Å². The summed E-state index contributed by atoms with van der Waals surface area (Å²) in [5, 5.41) is 0. The van der Waals surface area contributed by atoms with Gasteiger partial charge in [-0.15, -0.1) is 0 Å². The van der Waals surface area contributed by atoms with E-state index in [1.54, 1.807) is 24.3 Å². The number of carbonyl (C=O) groups is 1. The number of anilines is 1. The fraction of sp³-hybridized carbons (Fsp3) is 0.316. The lowest BCUT2D eigenvalue weighted by atomic mass is 10.0. The van der Waals surface area contributed by atoms with Crippen molar-refractivity contribution in [1.29, 1.82) is 0 Å². The first-order valence-corrected chi connectivity index (χ1v) is 9.73. The Morgan fingerprint density at radius 2 is 1.76 bits per heavy atom. The highest BCUT2D eigenvalue weighted by Crippen LogP contribution is 2.27. The lowest BCUT2D eigenvalue weighted by Crippen LogP contribution is -2.36. The highest BCUT2D eigenvalue weighted by molar-refractivity contribution is 7.89. The first kappa shape index (κ1) is 17.6. The fourth-order valence-electron chi connectivity index (χ4n) is 3.05. The summed E-state index contributed by atoms with van der Waals surface area (Å²) in [6.07, 6.45) is 2.22. The van der Waals surface area contributed by atoms with Crippen molar-refractivity contribution in [2.75, 3.05) is 25.5 Å². The minimum absolute atomic E-state index is 0.0374. The van der Waals surface area contributed by atoms with Crippen molar-refractivity contribution >= 4 is 21.6 Å². The summed E-state index contributed by atoms with van der Waals surface area (Å²) in [4.78, 5) is 14.8. The molecule has 0 spiro atoms. The number of carbonyl (C=O) groups excluding carboxylic acids is 1. The van der Waals surface area contributed by atoms with Crippen molar-refractivity contribution in [3.63, 3.8) is 0 Å². The van der Waals surface area contributed by atoms with Crippen LogP contribution < -0.4 is 4.90 Å². The Labute approximate surface area is 148 Å². The van der Waals surface area contributed by atoms with Crippen LogP contribution in [0, 0.1) is 0 Å². The van der Waals surface area contributed by atoms with Gasteiger partial charge in [-0.3, -0.25) is 4.79 Å². The molecule has 0 atom stereocenters. The molecule has 5 nitrogen and oxygen atoms in total. The van der Waals surface area contributed by atoms with Crippen LogP contribution in [0.1, 0.15) is 17.5 Å². The minimum Gasteiger partial charge on any atom is -0.312 e. The van der Waals surface area contributed by atoms with Crippen molar-refractivity contribution in [3.05, 3.63) is 59.7 Å². The van der Waals surface area contributed by atoms with Crippen LogP contribution in [0.2, 0.25) is 0 Å². The molecule has 0 aliphatic carbocycles. The molecule has 2 aromatic rings. The van der Waals surface area contributed by atoms with E-state index in [4.69, 9.17) is 0 Å². The quantitative estimate of drug-likeness (QED) is 0.844. The van der Waals surface area contributed by atoms with Gasteiger partial charge < -0.3 is 4.90 Å². The Bertz CT molecular complexity index is 874. The number of hydrogen-bond donors (Lipinski definition) is 0. The topological polar surface area (TPSA) is 57.7 Å². The molecular weight excluding hydrogens is 336 g/mol. The van der Waals surface area contributed by atoms with E-state index >= 15 is 0 Å². The Balaban J connectivity index is 1.77. The van der Waals surface area contributed by atoms with Gasteiger partial charge in [-0.1, -0.05) is 30.3 Å². The molecule has 3 rings (SSSR count). The van der Waals surface area contributed by atoms with Crippen LogP contribution in [0.25, 0.3) is 0 Å². The molecule has 0 radical (unpaired) electrons. The van der Waals surface area contributed by atoms with Crippen LogP contribution in [0.3, 0.4) is 0 Å². The number of amides is 1. The maximum absolute atomic E-state index is 12.7. The van der Waals surface area contributed by atoms with Gasteiger partial charge in [0, 0.05) is 26.3 Å². The molecule has 0 bridgehead atoms. The van der Waals surface area contributed by atoms with Gasteiger partial charge in [-0.2, -0.15) is 0 Å². The Kier molecular flexibility index (Phi) is 4.92. The summed E-state index contributed by atoms with van der Waals surface area (Å²) in [6, 6.07) is 14.5. The zero-order valence-corrected chi connectivity index (χ0v) is 15.3. The van der Waals surface area contributed by atoms with Crippen LogP contribution in [-0.2, 0) is 27.7 Å². The number of aryl methyl sites for hydroxylation is 1. The van der Waals surface area contributed by atoms with Gasteiger partial charge in [-0.05, 0) is 42.2 Å². The summed E-state index contributed by atoms with van der Waals surface area (Å²) in [7, 11) is -0.443. The van der Waals surface area contributed by atoms with Crippen LogP contribution in [0.4, 0.5) is 5.69 Å². The molecule has 0 saturated heterocycles.